The van der Waals surface area contributed by atoms with E-state index < -0.39 is 0 Å². The van der Waals surface area contributed by atoms with Crippen molar-refractivity contribution in [1.82, 2.24) is 0 Å². The molecule has 3 nitrogen and oxygen atoms in total. The molecule has 3 rings (SSSR count). The topological polar surface area (TPSA) is 35.8 Å². The zero-order chi connectivity index (χ0) is 15.5. The summed E-state index contributed by atoms with van der Waals surface area (Å²) in [5, 5.41) is 10.3. The molecule has 1 aliphatic rings. The Bertz CT molecular complexity index is 760. The van der Waals surface area contributed by atoms with Gasteiger partial charge >= 0.3 is 0 Å². The highest BCUT2D eigenvalue weighted by atomic mass is 35.5. The standard InChI is InChI=1S/C18H17ClN2O.2ClH/c1-21-10-9-20-17(16-7-6-14(19)12-18(16)21)8-5-13-3-2-4-15(22)11-13;;/h2-8,11-12,22H,9-10H2,1H3;2*1H. The van der Waals surface area contributed by atoms with E-state index in [1.807, 2.05) is 49.5 Å². The maximum absolute atomic E-state index is 9.53. The first-order chi connectivity index (χ1) is 10.6. The van der Waals surface area contributed by atoms with Crippen molar-refractivity contribution < 1.29 is 5.11 Å². The van der Waals surface area contributed by atoms with E-state index in [1.165, 1.54) is 0 Å². The third-order valence-corrected chi connectivity index (χ3v) is 3.90. The number of halogens is 3. The number of likely N-dealkylation sites (N-methyl/N-ethyl adjacent to an activating group) is 1. The van der Waals surface area contributed by atoms with Crippen molar-refractivity contribution in [1.29, 1.82) is 0 Å². The van der Waals surface area contributed by atoms with Gasteiger partial charge in [0.05, 0.1) is 12.3 Å². The van der Waals surface area contributed by atoms with Crippen LogP contribution in [-0.4, -0.2) is 31.0 Å². The lowest BCUT2D eigenvalue weighted by molar-refractivity contribution is 0.475. The maximum atomic E-state index is 9.53. The quantitative estimate of drug-likeness (QED) is 0.803. The predicted molar refractivity (Wildman–Crippen MR) is 108 cm³/mol. The second-order valence-corrected chi connectivity index (χ2v) is 5.71. The summed E-state index contributed by atoms with van der Waals surface area (Å²) < 4.78 is 0. The summed E-state index contributed by atoms with van der Waals surface area (Å²) in [4.78, 5) is 6.83. The number of fused-ring (bicyclic) bond motifs is 1. The fourth-order valence-corrected chi connectivity index (χ4v) is 2.68. The lowest BCUT2D eigenvalue weighted by Gasteiger charge is -2.19. The average Bonchev–Trinajstić information content (AvgIpc) is 2.65. The molecular weight excluding hydrogens is 367 g/mol. The number of phenolic OH excluding ortho intramolecular Hbond substituents is 1. The van der Waals surface area contributed by atoms with Gasteiger partial charge in [-0.05, 0) is 42.0 Å². The van der Waals surface area contributed by atoms with Crippen molar-refractivity contribution in [2.45, 2.75) is 0 Å². The number of anilines is 1. The summed E-state index contributed by atoms with van der Waals surface area (Å²) in [6, 6.07) is 13.0. The molecule has 24 heavy (non-hydrogen) atoms. The first-order valence-electron chi connectivity index (χ1n) is 7.16. The number of aromatic hydroxyl groups is 1. The van der Waals surface area contributed by atoms with Gasteiger partial charge in [0, 0.05) is 29.9 Å². The van der Waals surface area contributed by atoms with Gasteiger partial charge in [0.1, 0.15) is 5.75 Å². The van der Waals surface area contributed by atoms with E-state index in [-0.39, 0.29) is 30.6 Å². The summed E-state index contributed by atoms with van der Waals surface area (Å²) in [6.07, 6.45) is 3.95. The lowest BCUT2D eigenvalue weighted by atomic mass is 10.1. The molecule has 1 N–H and O–H groups in total. The summed E-state index contributed by atoms with van der Waals surface area (Å²) in [6.45, 7) is 1.60. The Morgan fingerprint density at radius 1 is 1.12 bits per heavy atom. The molecule has 0 amide bonds. The molecule has 1 aliphatic heterocycles. The third-order valence-electron chi connectivity index (χ3n) is 3.67. The van der Waals surface area contributed by atoms with Crippen molar-refractivity contribution in [3.63, 3.8) is 0 Å². The van der Waals surface area contributed by atoms with Gasteiger partial charge in [-0.1, -0.05) is 29.8 Å². The SMILES string of the molecule is CN1CCN=C(C=Cc2cccc(O)c2)c2ccc(Cl)cc21.Cl.Cl. The summed E-state index contributed by atoms with van der Waals surface area (Å²) in [5.41, 5.74) is 4.03. The third kappa shape index (κ3) is 4.67. The number of allylic oxidation sites excluding steroid dienone is 1. The Balaban J connectivity index is 0.00000144. The highest BCUT2D eigenvalue weighted by molar-refractivity contribution is 6.31. The molecule has 0 spiro atoms. The minimum atomic E-state index is 0. The fraction of sp³-hybridized carbons (Fsp3) is 0.167. The van der Waals surface area contributed by atoms with E-state index in [0.29, 0.717) is 0 Å². The van der Waals surface area contributed by atoms with Crippen LogP contribution in [0.4, 0.5) is 5.69 Å². The number of rotatable bonds is 2. The first-order valence-corrected chi connectivity index (χ1v) is 7.54. The molecule has 128 valence electrons. The molecule has 0 fully saturated rings. The van der Waals surface area contributed by atoms with Crippen LogP contribution in [0.3, 0.4) is 0 Å². The Kier molecular flexibility index (Phi) is 7.61. The van der Waals surface area contributed by atoms with Gasteiger partial charge in [0.15, 0.2) is 0 Å². The maximum Gasteiger partial charge on any atom is 0.116 e. The molecule has 0 saturated carbocycles. The molecule has 1 heterocycles. The molecule has 0 atom stereocenters. The number of benzodiazepines with no additional fused rings is 1. The highest BCUT2D eigenvalue weighted by Crippen LogP contribution is 2.27. The normalized spacial score (nSPS) is 13.4. The zero-order valence-corrected chi connectivity index (χ0v) is 15.5. The molecule has 0 radical (unpaired) electrons. The minimum absolute atomic E-state index is 0. The molecule has 0 unspecified atom stereocenters. The van der Waals surface area contributed by atoms with Crippen molar-refractivity contribution in [3.8, 4) is 5.75 Å². The molecule has 0 aliphatic carbocycles. The van der Waals surface area contributed by atoms with Gasteiger partial charge in [-0.3, -0.25) is 4.99 Å². The van der Waals surface area contributed by atoms with Gasteiger partial charge in [-0.25, -0.2) is 0 Å². The molecule has 0 saturated heterocycles. The van der Waals surface area contributed by atoms with Crippen molar-refractivity contribution in [2.24, 2.45) is 4.99 Å². The Labute approximate surface area is 159 Å². The van der Waals surface area contributed by atoms with E-state index in [9.17, 15) is 5.11 Å². The van der Waals surface area contributed by atoms with Crippen LogP contribution in [0.25, 0.3) is 6.08 Å². The largest absolute Gasteiger partial charge is 0.508 e. The Morgan fingerprint density at radius 2 is 1.92 bits per heavy atom. The Hall–Kier alpha value is -1.68. The van der Waals surface area contributed by atoms with Crippen LogP contribution in [0.5, 0.6) is 5.75 Å². The van der Waals surface area contributed by atoms with Gasteiger partial charge in [0.25, 0.3) is 0 Å². The molecule has 0 bridgehead atoms. The number of nitrogens with zero attached hydrogens (tertiary/aromatic N) is 2. The predicted octanol–water partition coefficient (Wildman–Crippen LogP) is 4.84. The fourth-order valence-electron chi connectivity index (χ4n) is 2.51. The molecule has 2 aromatic carbocycles. The Morgan fingerprint density at radius 3 is 2.67 bits per heavy atom. The van der Waals surface area contributed by atoms with E-state index >= 15 is 0 Å². The lowest BCUT2D eigenvalue weighted by Crippen LogP contribution is -2.20. The van der Waals surface area contributed by atoms with Crippen LogP contribution < -0.4 is 4.90 Å². The van der Waals surface area contributed by atoms with Gasteiger partial charge < -0.3 is 10.0 Å². The van der Waals surface area contributed by atoms with Crippen molar-refractivity contribution in [2.75, 3.05) is 25.0 Å². The summed E-state index contributed by atoms with van der Waals surface area (Å²) in [7, 11) is 2.05. The van der Waals surface area contributed by atoms with E-state index in [0.717, 1.165) is 40.6 Å². The van der Waals surface area contributed by atoms with Crippen LogP contribution in [0.15, 0.2) is 53.5 Å². The smallest absolute Gasteiger partial charge is 0.116 e. The van der Waals surface area contributed by atoms with Crippen molar-refractivity contribution in [3.05, 3.63) is 64.7 Å². The number of phenols is 1. The van der Waals surface area contributed by atoms with Gasteiger partial charge in [-0.2, -0.15) is 0 Å². The number of benzene rings is 2. The van der Waals surface area contributed by atoms with Crippen molar-refractivity contribution >= 4 is 53.9 Å². The highest BCUT2D eigenvalue weighted by Gasteiger charge is 2.14. The van der Waals surface area contributed by atoms with Crippen LogP contribution in [-0.2, 0) is 0 Å². The minimum Gasteiger partial charge on any atom is -0.508 e. The van der Waals surface area contributed by atoms with E-state index in [1.54, 1.807) is 12.1 Å². The summed E-state index contributed by atoms with van der Waals surface area (Å²) in [5.74, 6) is 0.261. The molecular formula is C18H19Cl3N2O. The van der Waals surface area contributed by atoms with E-state index in [4.69, 9.17) is 11.6 Å². The molecule has 6 heteroatoms. The van der Waals surface area contributed by atoms with Crippen LogP contribution in [0, 0.1) is 0 Å². The first kappa shape index (κ1) is 20.4. The van der Waals surface area contributed by atoms with Crippen LogP contribution in [0.1, 0.15) is 11.1 Å². The second-order valence-electron chi connectivity index (χ2n) is 5.28. The number of aliphatic imine (C=N–C) groups is 1. The van der Waals surface area contributed by atoms with E-state index in [2.05, 4.69) is 9.89 Å². The summed E-state index contributed by atoms with van der Waals surface area (Å²) >= 11 is 6.12. The van der Waals surface area contributed by atoms with Gasteiger partial charge in [0.2, 0.25) is 0 Å². The zero-order valence-electron chi connectivity index (χ0n) is 13.1. The molecule has 2 aromatic rings. The average molecular weight is 386 g/mol. The number of hydrogen-bond donors (Lipinski definition) is 1. The monoisotopic (exact) mass is 384 g/mol. The molecule has 0 aromatic heterocycles. The second kappa shape index (κ2) is 8.97. The van der Waals surface area contributed by atoms with Gasteiger partial charge in [-0.15, -0.1) is 24.8 Å². The van der Waals surface area contributed by atoms with Crippen LogP contribution in [0.2, 0.25) is 5.02 Å². The number of hydrogen-bond acceptors (Lipinski definition) is 3. The van der Waals surface area contributed by atoms with Crippen LogP contribution >= 0.6 is 36.4 Å².